The highest BCUT2D eigenvalue weighted by atomic mass is 35.5. The van der Waals surface area contributed by atoms with Gasteiger partial charge in [-0.05, 0) is 45.4 Å². The molecule has 6 N–H and O–H groups in total. The molecule has 8 atom stereocenters. The number of hydrogen-bond acceptors (Lipinski definition) is 8. The maximum absolute atomic E-state index is 13.1. The van der Waals surface area contributed by atoms with Crippen LogP contribution in [0, 0.1) is 0 Å². The Kier molecular flexibility index (Phi) is 10.9. The van der Waals surface area contributed by atoms with Gasteiger partial charge in [-0.3, -0.25) is 9.59 Å². The lowest BCUT2D eigenvalue weighted by Gasteiger charge is -2.44. The molecule has 1 saturated carbocycles. The molecule has 3 aliphatic rings. The number of rotatable bonds is 8. The molecule has 11 heteroatoms. The van der Waals surface area contributed by atoms with Crippen LogP contribution in [0.25, 0.3) is 0 Å². The van der Waals surface area contributed by atoms with Gasteiger partial charge >= 0.3 is 0 Å². The van der Waals surface area contributed by atoms with Crippen molar-refractivity contribution in [3.05, 3.63) is 23.8 Å². The van der Waals surface area contributed by atoms with Crippen molar-refractivity contribution >= 4 is 35.2 Å². The van der Waals surface area contributed by atoms with E-state index in [0.717, 1.165) is 31.3 Å². The zero-order valence-electron chi connectivity index (χ0n) is 20.2. The van der Waals surface area contributed by atoms with Crippen LogP contribution in [-0.2, 0) is 14.3 Å². The minimum Gasteiger partial charge on any atom is -0.388 e. The quantitative estimate of drug-likeness (QED) is 0.197. The lowest BCUT2D eigenvalue weighted by Crippen LogP contribution is -2.65. The fourth-order valence-electron chi connectivity index (χ4n) is 4.79. The summed E-state index contributed by atoms with van der Waals surface area (Å²) >= 11 is 7.55. The normalized spacial score (nSPS) is 34.2. The summed E-state index contributed by atoms with van der Waals surface area (Å²) in [5.41, 5.74) is 0.218. The van der Waals surface area contributed by atoms with Crippen molar-refractivity contribution in [2.24, 2.45) is 0 Å². The lowest BCUT2D eigenvalue weighted by molar-refractivity contribution is -0.205. The Hall–Kier alpha value is -1.14. The van der Waals surface area contributed by atoms with Crippen molar-refractivity contribution in [2.75, 3.05) is 12.8 Å². The molecule has 2 heterocycles. The number of amides is 2. The minimum absolute atomic E-state index is 0.0925. The van der Waals surface area contributed by atoms with E-state index in [1.807, 2.05) is 6.08 Å². The Balaban J connectivity index is 1.59. The zero-order valence-corrected chi connectivity index (χ0v) is 21.8. The molecular weight excluding hydrogens is 494 g/mol. The second-order valence-corrected chi connectivity index (χ2v) is 11.1. The van der Waals surface area contributed by atoms with Gasteiger partial charge in [0.15, 0.2) is 0 Å². The molecule has 2 amide bonds. The van der Waals surface area contributed by atoms with E-state index in [4.69, 9.17) is 16.3 Å². The van der Waals surface area contributed by atoms with E-state index < -0.39 is 47.3 Å². The number of alkyl halides is 1. The van der Waals surface area contributed by atoms with Gasteiger partial charge in [0.25, 0.3) is 0 Å². The average Bonchev–Trinajstić information content (AvgIpc) is 3.22. The number of nitrogens with one attached hydrogen (secondary N) is 3. The van der Waals surface area contributed by atoms with E-state index >= 15 is 0 Å². The Bertz CT molecular complexity index is 789. The molecule has 198 valence electrons. The first-order valence-corrected chi connectivity index (χ1v) is 14.0. The summed E-state index contributed by atoms with van der Waals surface area (Å²) < 4.78 is 5.81. The van der Waals surface area contributed by atoms with Gasteiger partial charge in [0.2, 0.25) is 11.8 Å². The smallest absolute Gasteiger partial charge is 0.244 e. The highest BCUT2D eigenvalue weighted by molar-refractivity contribution is 7.99. The van der Waals surface area contributed by atoms with E-state index in [1.54, 1.807) is 25.3 Å². The zero-order chi connectivity index (χ0) is 25.5. The molecular formula is C24H38ClN3O6S. The molecule has 0 aromatic carbocycles. The van der Waals surface area contributed by atoms with Crippen LogP contribution in [0.3, 0.4) is 0 Å². The second kappa shape index (κ2) is 13.4. The van der Waals surface area contributed by atoms with Crippen LogP contribution in [-0.4, -0.2) is 93.3 Å². The van der Waals surface area contributed by atoms with Gasteiger partial charge in [-0.15, -0.1) is 23.4 Å². The van der Waals surface area contributed by atoms with Gasteiger partial charge in [0, 0.05) is 12.1 Å². The summed E-state index contributed by atoms with van der Waals surface area (Å²) in [6, 6.07) is -1.05. The van der Waals surface area contributed by atoms with Crippen LogP contribution in [0.2, 0.25) is 0 Å². The molecule has 0 aromatic heterocycles. The van der Waals surface area contributed by atoms with Crippen LogP contribution in [0.1, 0.15) is 45.4 Å². The third-order valence-corrected chi connectivity index (χ3v) is 8.01. The molecule has 2 fully saturated rings. The first-order chi connectivity index (χ1) is 16.7. The molecule has 2 aliphatic heterocycles. The number of ether oxygens (including phenoxy) is 1. The van der Waals surface area contributed by atoms with Crippen LogP contribution < -0.4 is 16.0 Å². The number of hydrogen-bond donors (Lipinski definition) is 6. The Morgan fingerprint density at radius 1 is 1.23 bits per heavy atom. The van der Waals surface area contributed by atoms with Gasteiger partial charge < -0.3 is 36.0 Å². The van der Waals surface area contributed by atoms with E-state index in [1.165, 1.54) is 11.8 Å². The van der Waals surface area contributed by atoms with Gasteiger partial charge in [-0.25, -0.2) is 0 Å². The predicted octanol–water partition coefficient (Wildman–Crippen LogP) is 0.563. The van der Waals surface area contributed by atoms with Crippen molar-refractivity contribution in [1.82, 2.24) is 16.0 Å². The predicted molar refractivity (Wildman–Crippen MR) is 136 cm³/mol. The molecule has 1 saturated heterocycles. The van der Waals surface area contributed by atoms with E-state index in [9.17, 15) is 24.9 Å². The van der Waals surface area contributed by atoms with Crippen molar-refractivity contribution in [3.8, 4) is 0 Å². The number of aliphatic hydroxyl groups excluding tert-OH is 3. The number of thioether (sulfide) groups is 1. The molecule has 0 bridgehead atoms. The summed E-state index contributed by atoms with van der Waals surface area (Å²) in [7, 11) is 0. The van der Waals surface area contributed by atoms with Gasteiger partial charge in [0.1, 0.15) is 29.9 Å². The van der Waals surface area contributed by atoms with E-state index in [2.05, 4.69) is 16.0 Å². The molecule has 0 spiro atoms. The lowest BCUT2D eigenvalue weighted by atomic mass is 9.93. The molecule has 35 heavy (non-hydrogen) atoms. The Labute approximate surface area is 216 Å². The van der Waals surface area contributed by atoms with E-state index in [-0.39, 0.29) is 17.9 Å². The first-order valence-electron chi connectivity index (χ1n) is 12.3. The number of aliphatic hydroxyl groups is 3. The SMILES string of the molecule is CS[C@H]1O[C@H]([C@H](NC(=O)C2CC=C(/C=C/C(=O)NC3CCCC3)CCN2)[C@H](C)Cl)[C@H](O)[C@H](O)[C@H]1O. The molecule has 1 aliphatic carbocycles. The molecule has 9 nitrogen and oxygen atoms in total. The first kappa shape index (κ1) is 28.4. The highest BCUT2D eigenvalue weighted by Gasteiger charge is 2.48. The van der Waals surface area contributed by atoms with Crippen LogP contribution in [0.5, 0.6) is 0 Å². The minimum atomic E-state index is -1.42. The Morgan fingerprint density at radius 3 is 2.60 bits per heavy atom. The fourth-order valence-corrected chi connectivity index (χ4v) is 5.67. The van der Waals surface area contributed by atoms with Crippen molar-refractivity contribution in [2.45, 2.75) is 98.8 Å². The summed E-state index contributed by atoms with van der Waals surface area (Å²) in [6.07, 6.45) is 7.44. The highest BCUT2D eigenvalue weighted by Crippen LogP contribution is 2.30. The maximum atomic E-state index is 13.1. The maximum Gasteiger partial charge on any atom is 0.244 e. The number of halogens is 1. The van der Waals surface area contributed by atoms with Crippen LogP contribution in [0.15, 0.2) is 23.8 Å². The largest absolute Gasteiger partial charge is 0.388 e. The number of carbonyl (C=O) groups excluding carboxylic acids is 2. The standard InChI is InChI=1S/C24H38ClN3O6S/c1-13(25)18(22-20(31)19(30)21(32)24(34-22)35-2)28-23(33)16-9-7-14(11-12-26-16)8-10-17(29)27-15-5-3-4-6-15/h7-8,10,13,15-16,18-22,24,26,30-32H,3-6,9,11-12H2,1-2H3,(H,27,29)(H,28,33)/b10-8+/t13-,16?,18+,19-,20+,21+,22+,24+/m0/s1. The van der Waals surface area contributed by atoms with Gasteiger partial charge in [-0.2, -0.15) is 0 Å². The Morgan fingerprint density at radius 2 is 1.94 bits per heavy atom. The molecule has 0 radical (unpaired) electrons. The van der Waals surface area contributed by atoms with Crippen LogP contribution in [0.4, 0.5) is 0 Å². The van der Waals surface area contributed by atoms with Crippen molar-refractivity contribution < 1.29 is 29.6 Å². The summed E-state index contributed by atoms with van der Waals surface area (Å²) in [5.74, 6) is -0.398. The third-order valence-electron chi connectivity index (χ3n) is 6.88. The van der Waals surface area contributed by atoms with Gasteiger partial charge in [-0.1, -0.05) is 30.6 Å². The topological polar surface area (TPSA) is 140 Å². The number of carbonyl (C=O) groups is 2. The molecule has 3 rings (SSSR count). The van der Waals surface area contributed by atoms with E-state index in [0.29, 0.717) is 19.4 Å². The fraction of sp³-hybridized carbons (Fsp3) is 0.750. The number of allylic oxidation sites excluding steroid dienone is 1. The summed E-state index contributed by atoms with van der Waals surface area (Å²) in [5, 5.41) is 39.4. The van der Waals surface area contributed by atoms with Crippen molar-refractivity contribution in [1.29, 1.82) is 0 Å². The third kappa shape index (κ3) is 7.67. The monoisotopic (exact) mass is 531 g/mol. The van der Waals surface area contributed by atoms with Gasteiger partial charge in [0.05, 0.1) is 17.5 Å². The van der Waals surface area contributed by atoms with Crippen molar-refractivity contribution in [3.63, 3.8) is 0 Å². The summed E-state index contributed by atoms with van der Waals surface area (Å²) in [4.78, 5) is 25.2. The summed E-state index contributed by atoms with van der Waals surface area (Å²) in [6.45, 7) is 2.23. The molecule has 1 unspecified atom stereocenters. The van der Waals surface area contributed by atoms with Crippen LogP contribution >= 0.6 is 23.4 Å². The molecule has 0 aromatic rings. The average molecular weight is 532 g/mol. The second-order valence-electron chi connectivity index (χ2n) is 9.48.